The van der Waals surface area contributed by atoms with Crippen LogP contribution in [0.1, 0.15) is 24.5 Å². The first-order chi connectivity index (χ1) is 8.04. The molecule has 0 amide bonds. The monoisotopic (exact) mass is 287 g/mol. The first-order valence-electron chi connectivity index (χ1n) is 5.48. The summed E-state index contributed by atoms with van der Waals surface area (Å²) in [6.07, 6.45) is 1.91. The molecule has 0 atom stereocenters. The summed E-state index contributed by atoms with van der Waals surface area (Å²) in [4.78, 5) is 4.34. The number of rotatable bonds is 2. The molecule has 0 aliphatic rings. The fraction of sp³-hybridized carbons (Fsp3) is 0.308. The van der Waals surface area contributed by atoms with Crippen molar-refractivity contribution in [1.82, 2.24) is 4.98 Å². The number of halogens is 3. The van der Waals surface area contributed by atoms with E-state index in [1.165, 1.54) is 0 Å². The first kappa shape index (κ1) is 12.9. The van der Waals surface area contributed by atoms with Crippen LogP contribution in [0.4, 0.5) is 0 Å². The lowest BCUT2D eigenvalue weighted by atomic mass is 10.1. The highest BCUT2D eigenvalue weighted by molar-refractivity contribution is 6.41. The van der Waals surface area contributed by atoms with Crippen LogP contribution in [-0.2, 0) is 6.42 Å². The van der Waals surface area contributed by atoms with Crippen molar-refractivity contribution in [1.29, 1.82) is 0 Å². The molecule has 4 heteroatoms. The zero-order valence-corrected chi connectivity index (χ0v) is 11.9. The molecule has 90 valence electrons. The predicted octanol–water partition coefficient (Wildman–Crippen LogP) is 5.46. The zero-order chi connectivity index (χ0) is 12.6. The van der Waals surface area contributed by atoms with Gasteiger partial charge in [0.2, 0.25) is 0 Å². The van der Waals surface area contributed by atoms with E-state index >= 15 is 0 Å². The Balaban J connectivity index is 2.79. The molecule has 1 aromatic carbocycles. The van der Waals surface area contributed by atoms with E-state index in [2.05, 4.69) is 11.9 Å². The summed E-state index contributed by atoms with van der Waals surface area (Å²) in [5.41, 5.74) is 2.65. The Morgan fingerprint density at radius 2 is 1.88 bits per heavy atom. The minimum atomic E-state index is 0.515. The van der Waals surface area contributed by atoms with Crippen LogP contribution in [0.5, 0.6) is 0 Å². The quantitative estimate of drug-likeness (QED) is 0.669. The van der Waals surface area contributed by atoms with Gasteiger partial charge in [-0.2, -0.15) is 0 Å². The molecule has 0 radical (unpaired) electrons. The summed E-state index contributed by atoms with van der Waals surface area (Å²) in [7, 11) is 0. The SMILES string of the molecule is CCCc1cc2c(Cl)c(C)cc(Cl)c2nc1Cl. The fourth-order valence-corrected chi connectivity index (χ4v) is 2.60. The molecule has 0 bridgehead atoms. The third-order valence-corrected chi connectivity index (χ3v) is 3.84. The molecule has 1 nitrogen and oxygen atoms in total. The largest absolute Gasteiger partial charge is 0.234 e. The van der Waals surface area contributed by atoms with Crippen molar-refractivity contribution >= 4 is 45.7 Å². The normalized spacial score (nSPS) is 11.1. The Morgan fingerprint density at radius 1 is 1.18 bits per heavy atom. The molecule has 0 fully saturated rings. The Morgan fingerprint density at radius 3 is 2.53 bits per heavy atom. The van der Waals surface area contributed by atoms with E-state index in [4.69, 9.17) is 34.8 Å². The van der Waals surface area contributed by atoms with Crippen molar-refractivity contribution in [3.63, 3.8) is 0 Å². The van der Waals surface area contributed by atoms with Gasteiger partial charge in [0.1, 0.15) is 5.15 Å². The Bertz CT molecular complexity index is 579. The topological polar surface area (TPSA) is 12.9 Å². The van der Waals surface area contributed by atoms with Crippen molar-refractivity contribution in [2.75, 3.05) is 0 Å². The molecule has 17 heavy (non-hydrogen) atoms. The number of nitrogens with zero attached hydrogens (tertiary/aromatic N) is 1. The average molecular weight is 289 g/mol. The summed E-state index contributed by atoms with van der Waals surface area (Å²) in [5, 5.41) is 2.68. The van der Waals surface area contributed by atoms with Crippen LogP contribution in [0.25, 0.3) is 10.9 Å². The second-order valence-corrected chi connectivity index (χ2v) is 5.22. The van der Waals surface area contributed by atoms with Crippen LogP contribution in [-0.4, -0.2) is 4.98 Å². The molecular formula is C13H12Cl3N. The summed E-state index contributed by atoms with van der Waals surface area (Å²) in [6, 6.07) is 3.81. The number of fused-ring (bicyclic) bond motifs is 1. The maximum Gasteiger partial charge on any atom is 0.133 e. The van der Waals surface area contributed by atoms with E-state index in [0.29, 0.717) is 20.7 Å². The van der Waals surface area contributed by atoms with Gasteiger partial charge in [-0.3, -0.25) is 0 Å². The summed E-state index contributed by atoms with van der Waals surface area (Å²) < 4.78 is 0. The van der Waals surface area contributed by atoms with E-state index in [-0.39, 0.29) is 0 Å². The Kier molecular flexibility index (Phi) is 3.82. The number of pyridine rings is 1. The van der Waals surface area contributed by atoms with Gasteiger partial charge in [-0.15, -0.1) is 0 Å². The molecular weight excluding hydrogens is 277 g/mol. The molecule has 0 saturated heterocycles. The van der Waals surface area contributed by atoms with Crippen LogP contribution in [0.3, 0.4) is 0 Å². The molecule has 0 saturated carbocycles. The van der Waals surface area contributed by atoms with Crippen LogP contribution >= 0.6 is 34.8 Å². The van der Waals surface area contributed by atoms with Crippen molar-refractivity contribution in [3.05, 3.63) is 38.5 Å². The smallest absolute Gasteiger partial charge is 0.133 e. The van der Waals surface area contributed by atoms with Crippen LogP contribution in [0.15, 0.2) is 12.1 Å². The fourth-order valence-electron chi connectivity index (χ4n) is 1.86. The molecule has 2 aromatic rings. The van der Waals surface area contributed by atoms with Gasteiger partial charge >= 0.3 is 0 Å². The number of aromatic nitrogens is 1. The molecule has 1 aromatic heterocycles. The molecule has 0 spiro atoms. The summed E-state index contributed by atoms with van der Waals surface area (Å²) >= 11 is 18.6. The van der Waals surface area contributed by atoms with Crippen molar-refractivity contribution < 1.29 is 0 Å². The van der Waals surface area contributed by atoms with Crippen molar-refractivity contribution in [2.45, 2.75) is 26.7 Å². The van der Waals surface area contributed by atoms with Gasteiger partial charge < -0.3 is 0 Å². The molecule has 0 unspecified atom stereocenters. The van der Waals surface area contributed by atoms with Crippen LogP contribution < -0.4 is 0 Å². The van der Waals surface area contributed by atoms with Gasteiger partial charge in [0.05, 0.1) is 15.6 Å². The third-order valence-electron chi connectivity index (χ3n) is 2.72. The summed E-state index contributed by atoms with van der Waals surface area (Å²) in [6.45, 7) is 4.03. The lowest BCUT2D eigenvalue weighted by Crippen LogP contribution is -1.92. The highest BCUT2D eigenvalue weighted by Crippen LogP contribution is 2.34. The molecule has 0 N–H and O–H groups in total. The second-order valence-electron chi connectivity index (χ2n) is 4.07. The van der Waals surface area contributed by atoms with Gasteiger partial charge in [-0.05, 0) is 36.6 Å². The van der Waals surface area contributed by atoms with E-state index in [9.17, 15) is 0 Å². The highest BCUT2D eigenvalue weighted by Gasteiger charge is 2.12. The Hall–Kier alpha value is -0.500. The van der Waals surface area contributed by atoms with Gasteiger partial charge in [-0.1, -0.05) is 48.1 Å². The number of hydrogen-bond donors (Lipinski definition) is 0. The summed E-state index contributed by atoms with van der Waals surface area (Å²) in [5.74, 6) is 0. The Labute approximate surface area is 116 Å². The van der Waals surface area contributed by atoms with Gasteiger partial charge in [0.25, 0.3) is 0 Å². The van der Waals surface area contributed by atoms with Crippen LogP contribution in [0, 0.1) is 6.92 Å². The van der Waals surface area contributed by atoms with Crippen molar-refractivity contribution in [2.24, 2.45) is 0 Å². The second kappa shape index (κ2) is 5.01. The maximum absolute atomic E-state index is 6.28. The van der Waals surface area contributed by atoms with E-state index < -0.39 is 0 Å². The molecule has 1 heterocycles. The van der Waals surface area contributed by atoms with Crippen molar-refractivity contribution in [3.8, 4) is 0 Å². The molecule has 0 aliphatic carbocycles. The lowest BCUT2D eigenvalue weighted by Gasteiger charge is -2.09. The number of benzene rings is 1. The van der Waals surface area contributed by atoms with Crippen LogP contribution in [0.2, 0.25) is 15.2 Å². The van der Waals surface area contributed by atoms with E-state index in [0.717, 1.165) is 29.4 Å². The zero-order valence-electron chi connectivity index (χ0n) is 9.65. The van der Waals surface area contributed by atoms with Gasteiger partial charge in [0.15, 0.2) is 0 Å². The predicted molar refractivity (Wildman–Crippen MR) is 75.5 cm³/mol. The highest BCUT2D eigenvalue weighted by atomic mass is 35.5. The van der Waals surface area contributed by atoms with Gasteiger partial charge in [0, 0.05) is 5.39 Å². The van der Waals surface area contributed by atoms with E-state index in [1.54, 1.807) is 0 Å². The van der Waals surface area contributed by atoms with Gasteiger partial charge in [-0.25, -0.2) is 4.98 Å². The average Bonchev–Trinajstić information content (AvgIpc) is 2.28. The minimum Gasteiger partial charge on any atom is -0.234 e. The lowest BCUT2D eigenvalue weighted by molar-refractivity contribution is 0.918. The first-order valence-corrected chi connectivity index (χ1v) is 6.61. The maximum atomic E-state index is 6.28. The molecule has 0 aliphatic heterocycles. The number of hydrogen-bond acceptors (Lipinski definition) is 1. The third kappa shape index (κ3) is 2.37. The standard InChI is InChI=1S/C13H12Cl3N/c1-3-4-8-6-9-11(15)7(2)5-10(14)12(9)17-13(8)16/h5-6H,3-4H2,1-2H3. The minimum absolute atomic E-state index is 0.515. The number of aryl methyl sites for hydroxylation is 2. The molecule has 2 rings (SSSR count). The van der Waals surface area contributed by atoms with E-state index in [1.807, 2.05) is 19.1 Å².